The summed E-state index contributed by atoms with van der Waals surface area (Å²) in [6.07, 6.45) is 4.99. The summed E-state index contributed by atoms with van der Waals surface area (Å²) < 4.78 is 6.10. The van der Waals surface area contributed by atoms with Gasteiger partial charge in [-0.1, -0.05) is 54.6 Å². The fourth-order valence-electron chi connectivity index (χ4n) is 4.34. The molecule has 0 aliphatic carbocycles. The molecule has 33 heavy (non-hydrogen) atoms. The largest absolute Gasteiger partial charge is 0.361 e. The van der Waals surface area contributed by atoms with Crippen LogP contribution in [0.3, 0.4) is 0 Å². The number of carbonyl (C=O) groups excluding carboxylic acids is 2. The number of nitrogens with one attached hydrogen (secondary N) is 1. The number of ether oxygens (including phenoxy) is 1. The first-order valence-electron chi connectivity index (χ1n) is 11.3. The van der Waals surface area contributed by atoms with Crippen LogP contribution in [-0.2, 0) is 27.2 Å². The average Bonchev–Trinajstić information content (AvgIpc) is 2.88. The van der Waals surface area contributed by atoms with Gasteiger partial charge >= 0.3 is 0 Å². The van der Waals surface area contributed by atoms with Gasteiger partial charge in [-0.05, 0) is 40.8 Å². The van der Waals surface area contributed by atoms with E-state index in [9.17, 15) is 9.59 Å². The SMILES string of the molecule is CNC(=O)[C@]1(Cc2cccc(-c3ccncc3)c2)CN(C(=O)CCc2ccccc2)CCO1. The molecule has 1 aromatic heterocycles. The number of benzene rings is 2. The number of nitrogens with zero attached hydrogens (tertiary/aromatic N) is 2. The van der Waals surface area contributed by atoms with Crippen LogP contribution in [0.4, 0.5) is 0 Å². The van der Waals surface area contributed by atoms with E-state index in [4.69, 9.17) is 4.74 Å². The molecule has 1 N–H and O–H groups in total. The van der Waals surface area contributed by atoms with Gasteiger partial charge in [-0.3, -0.25) is 14.6 Å². The van der Waals surface area contributed by atoms with Crippen LogP contribution in [-0.4, -0.2) is 54.0 Å². The monoisotopic (exact) mass is 443 g/mol. The first kappa shape index (κ1) is 22.7. The van der Waals surface area contributed by atoms with Crippen molar-refractivity contribution in [2.45, 2.75) is 24.9 Å². The third kappa shape index (κ3) is 5.46. The smallest absolute Gasteiger partial charge is 0.254 e. The van der Waals surface area contributed by atoms with Gasteiger partial charge in [0.15, 0.2) is 5.60 Å². The van der Waals surface area contributed by atoms with E-state index in [2.05, 4.69) is 16.4 Å². The Kier molecular flexibility index (Phi) is 7.15. The predicted octanol–water partition coefficient (Wildman–Crippen LogP) is 3.27. The predicted molar refractivity (Wildman–Crippen MR) is 127 cm³/mol. The first-order chi connectivity index (χ1) is 16.1. The molecular weight excluding hydrogens is 414 g/mol. The summed E-state index contributed by atoms with van der Waals surface area (Å²) in [5, 5.41) is 2.75. The Labute approximate surface area is 194 Å². The highest BCUT2D eigenvalue weighted by molar-refractivity contribution is 5.87. The second-order valence-corrected chi connectivity index (χ2v) is 8.34. The summed E-state index contributed by atoms with van der Waals surface area (Å²) in [5.74, 6) is -0.168. The molecule has 2 heterocycles. The summed E-state index contributed by atoms with van der Waals surface area (Å²) >= 11 is 0. The lowest BCUT2D eigenvalue weighted by Crippen LogP contribution is -2.61. The number of likely N-dealkylation sites (N-methyl/N-ethyl adjacent to an activating group) is 1. The summed E-state index contributed by atoms with van der Waals surface area (Å²) in [5.41, 5.74) is 3.10. The van der Waals surface area contributed by atoms with Crippen LogP contribution in [0.2, 0.25) is 0 Å². The number of amides is 2. The number of hydrogen-bond acceptors (Lipinski definition) is 4. The van der Waals surface area contributed by atoms with Crippen LogP contribution in [0.1, 0.15) is 17.5 Å². The summed E-state index contributed by atoms with van der Waals surface area (Å²) in [7, 11) is 1.61. The minimum Gasteiger partial charge on any atom is -0.361 e. The van der Waals surface area contributed by atoms with E-state index >= 15 is 0 Å². The van der Waals surface area contributed by atoms with Crippen molar-refractivity contribution in [2.24, 2.45) is 0 Å². The van der Waals surface area contributed by atoms with Crippen LogP contribution in [0.25, 0.3) is 11.1 Å². The molecule has 2 amide bonds. The van der Waals surface area contributed by atoms with E-state index in [0.29, 0.717) is 32.4 Å². The van der Waals surface area contributed by atoms with Crippen molar-refractivity contribution in [3.8, 4) is 11.1 Å². The highest BCUT2D eigenvalue weighted by Crippen LogP contribution is 2.27. The van der Waals surface area contributed by atoms with Gasteiger partial charge in [0.05, 0.1) is 13.2 Å². The fourth-order valence-corrected chi connectivity index (χ4v) is 4.34. The van der Waals surface area contributed by atoms with E-state index in [0.717, 1.165) is 22.3 Å². The van der Waals surface area contributed by atoms with Crippen LogP contribution >= 0.6 is 0 Å². The van der Waals surface area contributed by atoms with Crippen molar-refractivity contribution >= 4 is 11.8 Å². The number of carbonyl (C=O) groups is 2. The molecule has 170 valence electrons. The van der Waals surface area contributed by atoms with E-state index in [-0.39, 0.29) is 18.4 Å². The van der Waals surface area contributed by atoms with Crippen LogP contribution < -0.4 is 5.32 Å². The molecule has 1 aliphatic heterocycles. The summed E-state index contributed by atoms with van der Waals surface area (Å²) in [6.45, 7) is 1.05. The fraction of sp³-hybridized carbons (Fsp3) is 0.296. The third-order valence-electron chi connectivity index (χ3n) is 6.08. The number of aryl methyl sites for hydroxylation is 1. The Hall–Kier alpha value is -3.51. The van der Waals surface area contributed by atoms with Crippen molar-refractivity contribution in [3.63, 3.8) is 0 Å². The molecular formula is C27H29N3O3. The van der Waals surface area contributed by atoms with Gasteiger partial charge in [0.1, 0.15) is 0 Å². The molecule has 2 aromatic carbocycles. The highest BCUT2D eigenvalue weighted by atomic mass is 16.5. The number of aromatic nitrogens is 1. The topological polar surface area (TPSA) is 71.5 Å². The molecule has 1 atom stereocenters. The molecule has 1 fully saturated rings. The zero-order valence-corrected chi connectivity index (χ0v) is 18.9. The Morgan fingerprint density at radius 2 is 1.76 bits per heavy atom. The molecule has 4 rings (SSSR count). The van der Waals surface area contributed by atoms with Crippen LogP contribution in [0, 0.1) is 0 Å². The molecule has 1 aliphatic rings. The van der Waals surface area contributed by atoms with E-state index in [1.54, 1.807) is 24.3 Å². The summed E-state index contributed by atoms with van der Waals surface area (Å²) in [4.78, 5) is 31.9. The van der Waals surface area contributed by atoms with Crippen molar-refractivity contribution in [2.75, 3.05) is 26.7 Å². The zero-order chi connectivity index (χ0) is 23.1. The normalized spacial score (nSPS) is 18.0. The van der Waals surface area contributed by atoms with E-state index < -0.39 is 5.60 Å². The van der Waals surface area contributed by atoms with Gasteiger partial charge in [0, 0.05) is 38.8 Å². The van der Waals surface area contributed by atoms with Crippen LogP contribution in [0.5, 0.6) is 0 Å². The molecule has 3 aromatic rings. The Balaban J connectivity index is 1.51. The lowest BCUT2D eigenvalue weighted by molar-refractivity contribution is -0.165. The van der Waals surface area contributed by atoms with Gasteiger partial charge in [0.25, 0.3) is 5.91 Å². The average molecular weight is 444 g/mol. The number of hydrogen-bond donors (Lipinski definition) is 1. The zero-order valence-electron chi connectivity index (χ0n) is 18.9. The quantitative estimate of drug-likeness (QED) is 0.608. The van der Waals surface area contributed by atoms with Crippen molar-refractivity contribution in [1.29, 1.82) is 0 Å². The van der Waals surface area contributed by atoms with Crippen molar-refractivity contribution in [3.05, 3.63) is 90.3 Å². The molecule has 0 saturated carbocycles. The molecule has 1 saturated heterocycles. The van der Waals surface area contributed by atoms with E-state index in [1.807, 2.05) is 60.7 Å². The molecule has 0 bridgehead atoms. The number of morpholine rings is 1. The lowest BCUT2D eigenvalue weighted by Gasteiger charge is -2.41. The molecule has 6 heteroatoms. The third-order valence-corrected chi connectivity index (χ3v) is 6.08. The lowest BCUT2D eigenvalue weighted by atomic mass is 9.89. The van der Waals surface area contributed by atoms with Gasteiger partial charge < -0.3 is 15.0 Å². The van der Waals surface area contributed by atoms with Gasteiger partial charge in [0.2, 0.25) is 5.91 Å². The maximum atomic E-state index is 13.0. The van der Waals surface area contributed by atoms with E-state index in [1.165, 1.54) is 0 Å². The van der Waals surface area contributed by atoms with Gasteiger partial charge in [-0.15, -0.1) is 0 Å². The standard InChI is InChI=1S/C27H29N3O3/c1-28-26(32)27(19-22-8-5-9-24(18-22)23-12-14-29-15-13-23)20-30(16-17-33-27)25(31)11-10-21-6-3-2-4-7-21/h2-9,12-15,18H,10-11,16-17,19-20H2,1H3,(H,28,32)/t27-/m0/s1. The minimum atomic E-state index is -1.12. The van der Waals surface area contributed by atoms with Gasteiger partial charge in [-0.25, -0.2) is 0 Å². The van der Waals surface area contributed by atoms with Crippen molar-refractivity contribution in [1.82, 2.24) is 15.2 Å². The number of pyridine rings is 1. The van der Waals surface area contributed by atoms with Crippen LogP contribution in [0.15, 0.2) is 79.1 Å². The molecule has 0 radical (unpaired) electrons. The molecule has 6 nitrogen and oxygen atoms in total. The minimum absolute atomic E-state index is 0.0426. The van der Waals surface area contributed by atoms with Gasteiger partial charge in [-0.2, -0.15) is 0 Å². The Bertz CT molecular complexity index is 1090. The summed E-state index contributed by atoms with van der Waals surface area (Å²) in [6, 6.07) is 22.0. The number of rotatable bonds is 7. The first-order valence-corrected chi connectivity index (χ1v) is 11.3. The molecule has 0 spiro atoms. The molecule has 0 unspecified atom stereocenters. The second kappa shape index (κ2) is 10.4. The Morgan fingerprint density at radius 1 is 1.00 bits per heavy atom. The second-order valence-electron chi connectivity index (χ2n) is 8.34. The maximum absolute atomic E-state index is 13.0. The van der Waals surface area contributed by atoms with Crippen molar-refractivity contribution < 1.29 is 14.3 Å². The highest BCUT2D eigenvalue weighted by Gasteiger charge is 2.44. The maximum Gasteiger partial charge on any atom is 0.254 e. The Morgan fingerprint density at radius 3 is 2.52 bits per heavy atom.